The normalized spacial score (nSPS) is 30.6. The zero-order valence-corrected chi connectivity index (χ0v) is 12.9. The van der Waals surface area contributed by atoms with Crippen LogP contribution >= 0.6 is 0 Å². The van der Waals surface area contributed by atoms with Crippen LogP contribution < -0.4 is 5.32 Å². The van der Waals surface area contributed by atoms with Gasteiger partial charge in [-0.3, -0.25) is 0 Å². The number of piperidine rings is 1. The molecule has 0 aromatic carbocycles. The zero-order chi connectivity index (χ0) is 13.5. The van der Waals surface area contributed by atoms with Gasteiger partial charge < -0.3 is 15.0 Å². The van der Waals surface area contributed by atoms with Gasteiger partial charge in [-0.1, -0.05) is 20.3 Å². The van der Waals surface area contributed by atoms with Gasteiger partial charge in [0.1, 0.15) is 0 Å². The summed E-state index contributed by atoms with van der Waals surface area (Å²) in [5.74, 6) is 1.73. The Labute approximate surface area is 119 Å². The Morgan fingerprint density at radius 2 is 1.95 bits per heavy atom. The number of likely N-dealkylation sites (tertiary alicyclic amines) is 1. The standard InChI is InChI=1S/C16H32N2O/c1-3-8-17-16-5-9-18(13-15(16)4-2)12-14-6-10-19-11-7-14/h14-17H,3-13H2,1-2H3. The second-order valence-electron chi connectivity index (χ2n) is 6.33. The van der Waals surface area contributed by atoms with Crippen molar-refractivity contribution in [2.45, 2.75) is 52.0 Å². The van der Waals surface area contributed by atoms with E-state index in [-0.39, 0.29) is 0 Å². The molecule has 0 bridgehead atoms. The van der Waals surface area contributed by atoms with Gasteiger partial charge in [-0.15, -0.1) is 0 Å². The highest BCUT2D eigenvalue weighted by molar-refractivity contribution is 4.85. The molecule has 1 N–H and O–H groups in total. The molecule has 2 heterocycles. The number of nitrogens with zero attached hydrogens (tertiary/aromatic N) is 1. The van der Waals surface area contributed by atoms with Crippen LogP contribution in [0.5, 0.6) is 0 Å². The summed E-state index contributed by atoms with van der Waals surface area (Å²) < 4.78 is 5.46. The summed E-state index contributed by atoms with van der Waals surface area (Å²) in [5.41, 5.74) is 0. The molecule has 0 aromatic heterocycles. The first-order chi connectivity index (χ1) is 9.33. The maximum Gasteiger partial charge on any atom is 0.0469 e. The van der Waals surface area contributed by atoms with Crippen molar-refractivity contribution in [2.75, 3.05) is 39.4 Å². The van der Waals surface area contributed by atoms with Gasteiger partial charge in [0.15, 0.2) is 0 Å². The lowest BCUT2D eigenvalue weighted by atomic mass is 9.88. The minimum Gasteiger partial charge on any atom is -0.381 e. The molecule has 0 amide bonds. The van der Waals surface area contributed by atoms with Crippen LogP contribution in [0.2, 0.25) is 0 Å². The van der Waals surface area contributed by atoms with Gasteiger partial charge in [-0.2, -0.15) is 0 Å². The van der Waals surface area contributed by atoms with Crippen LogP contribution in [0, 0.1) is 11.8 Å². The van der Waals surface area contributed by atoms with Gasteiger partial charge in [-0.25, -0.2) is 0 Å². The van der Waals surface area contributed by atoms with E-state index >= 15 is 0 Å². The van der Waals surface area contributed by atoms with Gasteiger partial charge in [-0.05, 0) is 50.6 Å². The molecule has 0 saturated carbocycles. The van der Waals surface area contributed by atoms with E-state index in [0.29, 0.717) is 0 Å². The van der Waals surface area contributed by atoms with Gasteiger partial charge in [0.2, 0.25) is 0 Å². The summed E-state index contributed by atoms with van der Waals surface area (Å²) in [6.07, 6.45) is 6.43. The van der Waals surface area contributed by atoms with E-state index in [1.54, 1.807) is 0 Å². The third-order valence-electron chi connectivity index (χ3n) is 4.86. The molecule has 2 unspecified atom stereocenters. The van der Waals surface area contributed by atoms with E-state index in [4.69, 9.17) is 4.74 Å². The summed E-state index contributed by atoms with van der Waals surface area (Å²) in [4.78, 5) is 2.72. The molecular weight excluding hydrogens is 236 g/mol. The van der Waals surface area contributed by atoms with Crippen molar-refractivity contribution in [2.24, 2.45) is 11.8 Å². The lowest BCUT2D eigenvalue weighted by Crippen LogP contribution is -2.50. The van der Waals surface area contributed by atoms with Crippen molar-refractivity contribution >= 4 is 0 Å². The van der Waals surface area contributed by atoms with Gasteiger partial charge in [0, 0.05) is 32.3 Å². The summed E-state index contributed by atoms with van der Waals surface area (Å²) in [6, 6.07) is 0.760. The van der Waals surface area contributed by atoms with E-state index < -0.39 is 0 Å². The topological polar surface area (TPSA) is 24.5 Å². The molecule has 112 valence electrons. The van der Waals surface area contributed by atoms with E-state index in [9.17, 15) is 0 Å². The van der Waals surface area contributed by atoms with E-state index in [2.05, 4.69) is 24.1 Å². The van der Waals surface area contributed by atoms with Crippen LogP contribution in [0.4, 0.5) is 0 Å². The van der Waals surface area contributed by atoms with Gasteiger partial charge in [0.25, 0.3) is 0 Å². The quantitative estimate of drug-likeness (QED) is 0.801. The third kappa shape index (κ3) is 4.73. The van der Waals surface area contributed by atoms with Crippen molar-refractivity contribution in [1.82, 2.24) is 10.2 Å². The van der Waals surface area contributed by atoms with E-state index in [1.165, 1.54) is 58.3 Å². The van der Waals surface area contributed by atoms with Gasteiger partial charge in [0.05, 0.1) is 0 Å². The fourth-order valence-corrected chi connectivity index (χ4v) is 3.58. The largest absolute Gasteiger partial charge is 0.381 e. The van der Waals surface area contributed by atoms with E-state index in [1.807, 2.05) is 0 Å². The fraction of sp³-hybridized carbons (Fsp3) is 1.00. The van der Waals surface area contributed by atoms with Crippen LogP contribution in [0.3, 0.4) is 0 Å². The Morgan fingerprint density at radius 1 is 1.16 bits per heavy atom. The highest BCUT2D eigenvalue weighted by atomic mass is 16.5. The number of rotatable bonds is 6. The van der Waals surface area contributed by atoms with Crippen LogP contribution in [0.25, 0.3) is 0 Å². The van der Waals surface area contributed by atoms with Gasteiger partial charge >= 0.3 is 0 Å². The first-order valence-electron chi connectivity index (χ1n) is 8.37. The Morgan fingerprint density at radius 3 is 2.63 bits per heavy atom. The lowest BCUT2D eigenvalue weighted by molar-refractivity contribution is 0.0409. The Balaban J connectivity index is 1.75. The van der Waals surface area contributed by atoms with Crippen molar-refractivity contribution in [3.05, 3.63) is 0 Å². The minimum atomic E-state index is 0.760. The van der Waals surface area contributed by atoms with Crippen LogP contribution in [0.15, 0.2) is 0 Å². The average Bonchev–Trinajstić information content (AvgIpc) is 2.47. The van der Waals surface area contributed by atoms with Crippen molar-refractivity contribution in [3.63, 3.8) is 0 Å². The summed E-state index contributed by atoms with van der Waals surface area (Å²) in [6.45, 7) is 11.6. The molecule has 2 fully saturated rings. The second-order valence-corrected chi connectivity index (χ2v) is 6.33. The molecule has 19 heavy (non-hydrogen) atoms. The van der Waals surface area contributed by atoms with Crippen LogP contribution in [-0.2, 0) is 4.74 Å². The first-order valence-corrected chi connectivity index (χ1v) is 8.37. The molecule has 0 aromatic rings. The van der Waals surface area contributed by atoms with E-state index in [0.717, 1.165) is 31.1 Å². The average molecular weight is 268 g/mol. The van der Waals surface area contributed by atoms with Crippen LogP contribution in [0.1, 0.15) is 46.0 Å². The summed E-state index contributed by atoms with van der Waals surface area (Å²) in [5, 5.41) is 3.75. The molecule has 0 aliphatic carbocycles. The third-order valence-corrected chi connectivity index (χ3v) is 4.86. The predicted molar refractivity (Wildman–Crippen MR) is 80.5 cm³/mol. The SMILES string of the molecule is CCCNC1CCN(CC2CCOCC2)CC1CC. The molecule has 2 atom stereocenters. The Bertz CT molecular complexity index is 241. The Kier molecular flexibility index (Phi) is 6.62. The molecular formula is C16H32N2O. The highest BCUT2D eigenvalue weighted by Gasteiger charge is 2.28. The fourth-order valence-electron chi connectivity index (χ4n) is 3.58. The highest BCUT2D eigenvalue weighted by Crippen LogP contribution is 2.23. The van der Waals surface area contributed by atoms with Crippen molar-refractivity contribution < 1.29 is 4.74 Å². The lowest BCUT2D eigenvalue weighted by Gasteiger charge is -2.40. The summed E-state index contributed by atoms with van der Waals surface area (Å²) in [7, 11) is 0. The maximum absolute atomic E-state index is 5.46. The summed E-state index contributed by atoms with van der Waals surface area (Å²) >= 11 is 0. The van der Waals surface area contributed by atoms with Crippen LogP contribution in [-0.4, -0.2) is 50.3 Å². The smallest absolute Gasteiger partial charge is 0.0469 e. The molecule has 0 radical (unpaired) electrons. The number of ether oxygens (including phenoxy) is 1. The number of hydrogen-bond donors (Lipinski definition) is 1. The first kappa shape index (κ1) is 15.3. The molecule has 2 saturated heterocycles. The second kappa shape index (κ2) is 8.23. The monoisotopic (exact) mass is 268 g/mol. The molecule has 2 aliphatic heterocycles. The molecule has 0 spiro atoms. The van der Waals surface area contributed by atoms with Crippen molar-refractivity contribution in [1.29, 1.82) is 0 Å². The number of hydrogen-bond acceptors (Lipinski definition) is 3. The zero-order valence-electron chi connectivity index (χ0n) is 12.9. The molecule has 3 heteroatoms. The molecule has 2 rings (SSSR count). The number of nitrogens with one attached hydrogen (secondary N) is 1. The Hall–Kier alpha value is -0.120. The molecule has 3 nitrogen and oxygen atoms in total. The molecule has 2 aliphatic rings. The minimum absolute atomic E-state index is 0.760. The predicted octanol–water partition coefficient (Wildman–Crippen LogP) is 2.51. The van der Waals surface area contributed by atoms with Crippen molar-refractivity contribution in [3.8, 4) is 0 Å². The maximum atomic E-state index is 5.46.